The maximum absolute atomic E-state index is 12.6. The minimum Gasteiger partial charge on any atom is -0.366 e. The van der Waals surface area contributed by atoms with Gasteiger partial charge < -0.3 is 4.90 Å². The maximum atomic E-state index is 12.6. The number of rotatable bonds is 2. The quantitative estimate of drug-likeness (QED) is 0.587. The maximum Gasteiger partial charge on any atom is 0.197 e. The van der Waals surface area contributed by atoms with Gasteiger partial charge >= 0.3 is 0 Å². The molecular weight excluding hydrogens is 360 g/mol. The second-order valence-corrected chi connectivity index (χ2v) is 7.96. The van der Waals surface area contributed by atoms with Gasteiger partial charge in [0.15, 0.2) is 11.6 Å². The zero-order valence-corrected chi connectivity index (χ0v) is 15.8. The van der Waals surface area contributed by atoms with Crippen molar-refractivity contribution in [3.63, 3.8) is 0 Å². The number of nitrogens with zero attached hydrogens (tertiary/aromatic N) is 2. The number of aromatic nitrogens is 1. The monoisotopic (exact) mass is 378 g/mol. The number of hydrogen-bond acceptors (Lipinski definition) is 4. The highest BCUT2D eigenvalue weighted by Gasteiger charge is 2.34. The first-order valence-corrected chi connectivity index (χ1v) is 9.89. The van der Waals surface area contributed by atoms with Crippen molar-refractivity contribution in [2.75, 3.05) is 13.1 Å². The number of pyridine rings is 1. The van der Waals surface area contributed by atoms with Crippen LogP contribution in [0.25, 0.3) is 5.57 Å². The van der Waals surface area contributed by atoms with Gasteiger partial charge in [-0.25, -0.2) is 0 Å². The van der Waals surface area contributed by atoms with Gasteiger partial charge in [0.1, 0.15) is 0 Å². The van der Waals surface area contributed by atoms with Crippen LogP contribution in [0.5, 0.6) is 0 Å². The molecule has 0 atom stereocenters. The second-order valence-electron chi connectivity index (χ2n) is 7.96. The lowest BCUT2D eigenvalue weighted by Gasteiger charge is -2.22. The van der Waals surface area contributed by atoms with Crippen molar-refractivity contribution in [3.05, 3.63) is 106 Å². The van der Waals surface area contributed by atoms with Crippen molar-refractivity contribution in [2.45, 2.75) is 12.8 Å². The van der Waals surface area contributed by atoms with E-state index in [1.165, 1.54) is 22.4 Å². The third-order valence-corrected chi connectivity index (χ3v) is 6.25. The number of hydrogen-bond donors (Lipinski definition) is 0. The molecule has 1 aliphatic heterocycles. The van der Waals surface area contributed by atoms with Crippen molar-refractivity contribution >= 4 is 17.1 Å². The molecule has 0 bridgehead atoms. The number of Topliss-reactive ketones (excluding diaryl/α,β-unsaturated/α-hetero) is 2. The van der Waals surface area contributed by atoms with Gasteiger partial charge in [0.2, 0.25) is 0 Å². The van der Waals surface area contributed by atoms with E-state index < -0.39 is 0 Å². The minimum absolute atomic E-state index is 0.163. The van der Waals surface area contributed by atoms with E-state index in [1.807, 2.05) is 18.3 Å². The Morgan fingerprint density at radius 1 is 0.897 bits per heavy atom. The predicted molar refractivity (Wildman–Crippen MR) is 110 cm³/mol. The van der Waals surface area contributed by atoms with Gasteiger partial charge in [-0.2, -0.15) is 0 Å². The third kappa shape index (κ3) is 2.42. The van der Waals surface area contributed by atoms with Crippen LogP contribution in [0, 0.1) is 0 Å². The summed E-state index contributed by atoms with van der Waals surface area (Å²) in [5.41, 5.74) is 8.87. The number of allylic oxidation sites excluding steroid dienone is 5. The minimum atomic E-state index is -0.163. The molecular formula is C25H18N2O2. The third-order valence-electron chi connectivity index (χ3n) is 6.25. The zero-order chi connectivity index (χ0) is 19.5. The normalized spacial score (nSPS) is 19.4. The molecule has 0 fully saturated rings. The molecule has 0 amide bonds. The largest absolute Gasteiger partial charge is 0.366 e. The highest BCUT2D eigenvalue weighted by Crippen LogP contribution is 2.39. The Labute approximate surface area is 168 Å². The van der Waals surface area contributed by atoms with Crippen LogP contribution in [-0.2, 0) is 6.42 Å². The van der Waals surface area contributed by atoms with Crippen LogP contribution >= 0.6 is 0 Å². The van der Waals surface area contributed by atoms with E-state index in [1.54, 1.807) is 30.3 Å². The second kappa shape index (κ2) is 5.98. The van der Waals surface area contributed by atoms with Crippen LogP contribution in [0.4, 0.5) is 0 Å². The van der Waals surface area contributed by atoms with Crippen molar-refractivity contribution < 1.29 is 9.59 Å². The highest BCUT2D eigenvalue weighted by atomic mass is 16.2. The summed E-state index contributed by atoms with van der Waals surface area (Å²) in [6, 6.07) is 11.2. The summed E-state index contributed by atoms with van der Waals surface area (Å²) < 4.78 is 0. The van der Waals surface area contributed by atoms with Crippen LogP contribution in [0.3, 0.4) is 0 Å². The Bertz CT molecular complexity index is 1210. The standard InChI is InChI=1S/C25H18N2O2/c28-24-19-5-1-2-6-20(19)25(29)21(24)11-15-7-8-18(10-15)27-13-17-12-16-4-3-9-26-23(16)22(17)14-27/h1-9,11H,10,12-14H2. The van der Waals surface area contributed by atoms with Crippen LogP contribution in [-0.4, -0.2) is 34.5 Å². The summed E-state index contributed by atoms with van der Waals surface area (Å²) in [7, 11) is 0. The lowest BCUT2D eigenvalue weighted by Crippen LogP contribution is -2.21. The van der Waals surface area contributed by atoms with Crippen LogP contribution in [0.15, 0.2) is 83.2 Å². The smallest absolute Gasteiger partial charge is 0.197 e. The number of fused-ring (bicyclic) bond motifs is 3. The van der Waals surface area contributed by atoms with Crippen molar-refractivity contribution in [2.24, 2.45) is 0 Å². The molecule has 0 unspecified atom stereocenters. The van der Waals surface area contributed by atoms with E-state index in [4.69, 9.17) is 0 Å². The SMILES string of the molecule is O=C1C(=CC2=CC=C(N3CC4=C(C3)c3ncccc3C4)C2)C(=O)c2ccccc21. The van der Waals surface area contributed by atoms with E-state index in [0.29, 0.717) is 11.1 Å². The molecule has 6 rings (SSSR count). The fraction of sp³-hybridized carbons (Fsp3) is 0.160. The van der Waals surface area contributed by atoms with Gasteiger partial charge in [0.05, 0.1) is 11.3 Å². The summed E-state index contributed by atoms with van der Waals surface area (Å²) in [5.74, 6) is -0.325. The number of benzene rings is 1. The summed E-state index contributed by atoms with van der Waals surface area (Å²) in [6.07, 6.45) is 9.53. The molecule has 140 valence electrons. The van der Waals surface area contributed by atoms with Crippen molar-refractivity contribution in [1.29, 1.82) is 0 Å². The highest BCUT2D eigenvalue weighted by molar-refractivity contribution is 6.39. The average molecular weight is 378 g/mol. The molecule has 4 aliphatic rings. The molecule has 4 heteroatoms. The van der Waals surface area contributed by atoms with Gasteiger partial charge in [-0.15, -0.1) is 0 Å². The number of carbonyl (C=O) groups is 2. The number of carbonyl (C=O) groups excluding carboxylic acids is 2. The summed E-state index contributed by atoms with van der Waals surface area (Å²) in [5, 5.41) is 0. The van der Waals surface area contributed by atoms with E-state index in [2.05, 4.69) is 22.0 Å². The van der Waals surface area contributed by atoms with Crippen LogP contribution < -0.4 is 0 Å². The Balaban J connectivity index is 1.18. The number of ketones is 2. The van der Waals surface area contributed by atoms with Crippen LogP contribution in [0.2, 0.25) is 0 Å². The van der Waals surface area contributed by atoms with Gasteiger partial charge in [0, 0.05) is 42.5 Å². The molecule has 2 heterocycles. The Kier molecular flexibility index (Phi) is 3.39. The average Bonchev–Trinajstić information content (AvgIpc) is 3.48. The van der Waals surface area contributed by atoms with E-state index in [-0.39, 0.29) is 17.1 Å². The summed E-state index contributed by atoms with van der Waals surface area (Å²) in [4.78, 5) is 32.2. The molecule has 1 aromatic carbocycles. The molecule has 0 saturated carbocycles. The lowest BCUT2D eigenvalue weighted by molar-refractivity contribution is 0.0988. The molecule has 0 radical (unpaired) electrons. The molecule has 29 heavy (non-hydrogen) atoms. The summed E-state index contributed by atoms with van der Waals surface area (Å²) in [6.45, 7) is 1.81. The zero-order valence-electron chi connectivity index (χ0n) is 15.8. The van der Waals surface area contributed by atoms with Gasteiger partial charge in [-0.3, -0.25) is 14.6 Å². The first kappa shape index (κ1) is 16.4. The fourth-order valence-electron chi connectivity index (χ4n) is 4.81. The molecule has 1 aromatic heterocycles. The Hall–Kier alpha value is -3.53. The summed E-state index contributed by atoms with van der Waals surface area (Å²) >= 11 is 0. The molecule has 0 saturated heterocycles. The van der Waals surface area contributed by atoms with Crippen LogP contribution in [0.1, 0.15) is 38.4 Å². The Morgan fingerprint density at radius 3 is 2.48 bits per heavy atom. The first-order valence-electron chi connectivity index (χ1n) is 9.89. The molecule has 2 aromatic rings. The first-order chi connectivity index (χ1) is 14.2. The molecule has 4 nitrogen and oxygen atoms in total. The van der Waals surface area contributed by atoms with Gasteiger partial charge in [-0.05, 0) is 46.9 Å². The van der Waals surface area contributed by atoms with E-state index in [9.17, 15) is 9.59 Å². The Morgan fingerprint density at radius 2 is 1.69 bits per heavy atom. The van der Waals surface area contributed by atoms with E-state index >= 15 is 0 Å². The molecule has 3 aliphatic carbocycles. The van der Waals surface area contributed by atoms with Gasteiger partial charge in [-0.1, -0.05) is 36.4 Å². The topological polar surface area (TPSA) is 50.3 Å². The lowest BCUT2D eigenvalue weighted by atomic mass is 10.1. The van der Waals surface area contributed by atoms with Gasteiger partial charge in [0.25, 0.3) is 0 Å². The predicted octanol–water partition coefficient (Wildman–Crippen LogP) is 3.93. The molecule has 0 N–H and O–H groups in total. The van der Waals surface area contributed by atoms with Crippen molar-refractivity contribution in [1.82, 2.24) is 9.88 Å². The van der Waals surface area contributed by atoms with Crippen molar-refractivity contribution in [3.8, 4) is 0 Å². The fourth-order valence-corrected chi connectivity index (χ4v) is 4.81. The van der Waals surface area contributed by atoms with E-state index in [0.717, 1.165) is 37.2 Å². The molecule has 0 spiro atoms.